The average Bonchev–Trinajstić information content (AvgIpc) is 2.71. The molecule has 3 aromatic carbocycles. The number of amides is 1. The van der Waals surface area contributed by atoms with E-state index in [1.165, 1.54) is 5.56 Å². The van der Waals surface area contributed by atoms with Crippen molar-refractivity contribution < 1.29 is 9.53 Å². The van der Waals surface area contributed by atoms with Gasteiger partial charge in [-0.2, -0.15) is 0 Å². The molecule has 1 heterocycles. The molecule has 0 saturated carbocycles. The second-order valence-corrected chi connectivity index (χ2v) is 6.89. The average molecular weight is 376 g/mol. The van der Waals surface area contributed by atoms with Gasteiger partial charge in [0.1, 0.15) is 5.75 Å². The summed E-state index contributed by atoms with van der Waals surface area (Å²) in [5.74, 6) is 0.438. The molecule has 1 aliphatic rings. The molecule has 27 heavy (non-hydrogen) atoms. The zero-order valence-corrected chi connectivity index (χ0v) is 15.7. The zero-order valence-electron chi connectivity index (χ0n) is 14.9. The molecular weight excluding hydrogens is 356 g/mol. The van der Waals surface area contributed by atoms with E-state index in [0.29, 0.717) is 10.9 Å². The third-order valence-corrected chi connectivity index (χ3v) is 5.03. The van der Waals surface area contributed by atoms with E-state index in [1.54, 1.807) is 0 Å². The Labute approximate surface area is 163 Å². The summed E-state index contributed by atoms with van der Waals surface area (Å²) in [5.41, 5.74) is 2.33. The fourth-order valence-electron chi connectivity index (χ4n) is 3.43. The van der Waals surface area contributed by atoms with Gasteiger partial charge in [-0.15, -0.1) is 0 Å². The lowest BCUT2D eigenvalue weighted by Gasteiger charge is -2.31. The van der Waals surface area contributed by atoms with Crippen LogP contribution in [0.1, 0.15) is 12.0 Å². The van der Waals surface area contributed by atoms with Crippen LogP contribution in [0.25, 0.3) is 10.8 Å². The normalized spacial score (nSPS) is 13.1. The highest BCUT2D eigenvalue weighted by molar-refractivity contribution is 7.80. The van der Waals surface area contributed by atoms with Gasteiger partial charge >= 0.3 is 0 Å². The molecule has 5 heteroatoms. The molecule has 1 amide bonds. The Balaban J connectivity index is 1.41. The smallest absolute Gasteiger partial charge is 0.264 e. The predicted molar refractivity (Wildman–Crippen MR) is 112 cm³/mol. The number of fused-ring (bicyclic) bond motifs is 2. The molecule has 0 spiro atoms. The van der Waals surface area contributed by atoms with Crippen molar-refractivity contribution in [3.05, 3.63) is 72.3 Å². The number of aryl methyl sites for hydroxylation is 1. The van der Waals surface area contributed by atoms with Crippen molar-refractivity contribution in [2.24, 2.45) is 0 Å². The SMILES string of the molecule is O=C(COc1cccc2ccccc12)NC(=S)N1CCCc2ccccc21. The van der Waals surface area contributed by atoms with Crippen LogP contribution in [-0.2, 0) is 11.2 Å². The Bertz CT molecular complexity index is 997. The summed E-state index contributed by atoms with van der Waals surface area (Å²) in [5, 5.41) is 5.29. The van der Waals surface area contributed by atoms with E-state index in [0.717, 1.165) is 35.8 Å². The molecule has 1 aliphatic heterocycles. The van der Waals surface area contributed by atoms with E-state index in [9.17, 15) is 4.79 Å². The van der Waals surface area contributed by atoms with Gasteiger partial charge in [0.2, 0.25) is 0 Å². The van der Waals surface area contributed by atoms with Crippen molar-refractivity contribution in [2.45, 2.75) is 12.8 Å². The van der Waals surface area contributed by atoms with Crippen LogP contribution in [0.2, 0.25) is 0 Å². The summed E-state index contributed by atoms with van der Waals surface area (Å²) >= 11 is 5.47. The number of hydrogen-bond acceptors (Lipinski definition) is 3. The minimum Gasteiger partial charge on any atom is -0.483 e. The van der Waals surface area contributed by atoms with Crippen LogP contribution in [0.4, 0.5) is 5.69 Å². The van der Waals surface area contributed by atoms with E-state index < -0.39 is 0 Å². The fraction of sp³-hybridized carbons (Fsp3) is 0.182. The molecule has 136 valence electrons. The van der Waals surface area contributed by atoms with E-state index in [4.69, 9.17) is 17.0 Å². The molecule has 0 atom stereocenters. The Hall–Kier alpha value is -2.92. The first-order valence-electron chi connectivity index (χ1n) is 9.02. The Morgan fingerprint density at radius 1 is 1.04 bits per heavy atom. The number of thiocarbonyl (C=S) groups is 1. The van der Waals surface area contributed by atoms with Crippen LogP contribution in [-0.4, -0.2) is 24.2 Å². The second kappa shape index (κ2) is 7.76. The van der Waals surface area contributed by atoms with Gasteiger partial charge in [-0.05, 0) is 48.1 Å². The second-order valence-electron chi connectivity index (χ2n) is 6.50. The first-order valence-corrected chi connectivity index (χ1v) is 9.43. The van der Waals surface area contributed by atoms with E-state index >= 15 is 0 Å². The van der Waals surface area contributed by atoms with Crippen molar-refractivity contribution in [2.75, 3.05) is 18.1 Å². The van der Waals surface area contributed by atoms with Crippen molar-refractivity contribution in [1.82, 2.24) is 5.32 Å². The van der Waals surface area contributed by atoms with Gasteiger partial charge in [-0.3, -0.25) is 10.1 Å². The highest BCUT2D eigenvalue weighted by atomic mass is 32.1. The monoisotopic (exact) mass is 376 g/mol. The first-order chi connectivity index (χ1) is 13.2. The Morgan fingerprint density at radius 2 is 1.81 bits per heavy atom. The number of nitrogens with one attached hydrogen (secondary N) is 1. The highest BCUT2D eigenvalue weighted by Gasteiger charge is 2.21. The molecule has 1 N–H and O–H groups in total. The van der Waals surface area contributed by atoms with Crippen LogP contribution >= 0.6 is 12.2 Å². The van der Waals surface area contributed by atoms with Gasteiger partial charge in [-0.1, -0.05) is 54.6 Å². The van der Waals surface area contributed by atoms with Crippen LogP contribution in [0.5, 0.6) is 5.75 Å². The maximum absolute atomic E-state index is 12.4. The van der Waals surface area contributed by atoms with Gasteiger partial charge < -0.3 is 9.64 Å². The van der Waals surface area contributed by atoms with Crippen molar-refractivity contribution in [3.63, 3.8) is 0 Å². The molecule has 3 aromatic rings. The molecule has 0 aromatic heterocycles. The van der Waals surface area contributed by atoms with Gasteiger partial charge in [0.25, 0.3) is 5.91 Å². The molecule has 0 unspecified atom stereocenters. The maximum atomic E-state index is 12.4. The Kier molecular flexibility index (Phi) is 5.03. The minimum atomic E-state index is -0.254. The summed E-state index contributed by atoms with van der Waals surface area (Å²) in [6.45, 7) is 0.726. The van der Waals surface area contributed by atoms with Crippen molar-refractivity contribution >= 4 is 39.7 Å². The first kappa shape index (κ1) is 17.5. The number of ether oxygens (including phenoxy) is 1. The predicted octanol–water partition coefficient (Wildman–Crippen LogP) is 4.07. The van der Waals surface area contributed by atoms with Gasteiger partial charge in [0, 0.05) is 17.6 Å². The summed E-state index contributed by atoms with van der Waals surface area (Å²) in [6.07, 6.45) is 2.05. The fourth-order valence-corrected chi connectivity index (χ4v) is 3.74. The number of nitrogens with zero attached hydrogens (tertiary/aromatic N) is 1. The van der Waals surface area contributed by atoms with Crippen molar-refractivity contribution in [1.29, 1.82) is 0 Å². The molecule has 4 nitrogen and oxygen atoms in total. The van der Waals surface area contributed by atoms with Gasteiger partial charge in [-0.25, -0.2) is 0 Å². The summed E-state index contributed by atoms with van der Waals surface area (Å²) in [6, 6.07) is 21.9. The van der Waals surface area contributed by atoms with Gasteiger partial charge in [0.05, 0.1) is 0 Å². The van der Waals surface area contributed by atoms with Crippen LogP contribution in [0.15, 0.2) is 66.7 Å². The number of benzene rings is 3. The van der Waals surface area contributed by atoms with Crippen molar-refractivity contribution in [3.8, 4) is 5.75 Å². The zero-order chi connectivity index (χ0) is 18.6. The van der Waals surface area contributed by atoms with Crippen LogP contribution in [0.3, 0.4) is 0 Å². The molecule has 0 bridgehead atoms. The van der Waals surface area contributed by atoms with E-state index in [2.05, 4.69) is 11.4 Å². The summed E-state index contributed by atoms with van der Waals surface area (Å²) < 4.78 is 5.75. The van der Waals surface area contributed by atoms with E-state index in [1.807, 2.05) is 65.6 Å². The number of anilines is 1. The van der Waals surface area contributed by atoms with Crippen LogP contribution in [0, 0.1) is 0 Å². The largest absolute Gasteiger partial charge is 0.483 e. The molecule has 4 rings (SSSR count). The molecular formula is C22H20N2O2S. The quantitative estimate of drug-likeness (QED) is 0.700. The third-order valence-electron chi connectivity index (χ3n) is 4.71. The lowest BCUT2D eigenvalue weighted by molar-refractivity contribution is -0.121. The Morgan fingerprint density at radius 3 is 2.74 bits per heavy atom. The third kappa shape index (κ3) is 3.78. The molecule has 0 saturated heterocycles. The maximum Gasteiger partial charge on any atom is 0.264 e. The minimum absolute atomic E-state index is 0.0797. The standard InChI is InChI=1S/C22H20N2O2S/c25-21(15-26-20-13-5-9-16-7-1-3-11-18(16)20)23-22(27)24-14-6-10-17-8-2-4-12-19(17)24/h1-5,7-9,11-13H,6,10,14-15H2,(H,23,25,27). The van der Waals surface area contributed by atoms with Crippen LogP contribution < -0.4 is 15.0 Å². The number of para-hydroxylation sites is 1. The molecule has 0 aliphatic carbocycles. The van der Waals surface area contributed by atoms with E-state index in [-0.39, 0.29) is 12.5 Å². The van der Waals surface area contributed by atoms with Gasteiger partial charge in [0.15, 0.2) is 11.7 Å². The lowest BCUT2D eigenvalue weighted by Crippen LogP contribution is -2.46. The lowest BCUT2D eigenvalue weighted by atomic mass is 10.0. The number of rotatable bonds is 3. The summed E-state index contributed by atoms with van der Waals surface area (Å²) in [7, 11) is 0. The highest BCUT2D eigenvalue weighted by Crippen LogP contribution is 2.27. The topological polar surface area (TPSA) is 41.6 Å². The number of carbonyl (C=O) groups is 1. The molecule has 0 fully saturated rings. The summed E-state index contributed by atoms with van der Waals surface area (Å²) in [4.78, 5) is 14.4. The molecule has 0 radical (unpaired) electrons. The number of carbonyl (C=O) groups excluding carboxylic acids is 1. The number of hydrogen-bond donors (Lipinski definition) is 1.